The molecule has 0 unspecified atom stereocenters. The van der Waals surface area contributed by atoms with E-state index in [0.717, 1.165) is 4.90 Å². The number of carbonyl (C=O) groups is 3. The summed E-state index contributed by atoms with van der Waals surface area (Å²) in [5.41, 5.74) is -1.04. The smallest absolute Gasteiger partial charge is 0.325 e. The Bertz CT molecular complexity index is 1260. The molecule has 2 N–H and O–H groups in total. The van der Waals surface area contributed by atoms with Crippen LogP contribution in [0.2, 0.25) is 0 Å². The van der Waals surface area contributed by atoms with E-state index in [9.17, 15) is 32.9 Å². The van der Waals surface area contributed by atoms with Crippen molar-refractivity contribution in [2.24, 2.45) is 0 Å². The van der Waals surface area contributed by atoms with Gasteiger partial charge in [-0.05, 0) is 48.9 Å². The fourth-order valence-corrected chi connectivity index (χ4v) is 5.18. The first-order valence-electron chi connectivity index (χ1n) is 10.7. The third-order valence-corrected chi connectivity index (χ3v) is 7.78. The van der Waals surface area contributed by atoms with Crippen LogP contribution in [0.3, 0.4) is 0 Å². The van der Waals surface area contributed by atoms with Gasteiger partial charge < -0.3 is 10.6 Å². The zero-order valence-corrected chi connectivity index (χ0v) is 20.2. The number of urea groups is 1. The molecule has 1 fully saturated rings. The van der Waals surface area contributed by atoms with E-state index in [2.05, 4.69) is 10.6 Å². The van der Waals surface area contributed by atoms with Gasteiger partial charge in [-0.2, -0.15) is 4.31 Å². The minimum absolute atomic E-state index is 0.0761. The minimum atomic E-state index is -3.65. The Labute approximate surface area is 202 Å². The predicted octanol–water partition coefficient (Wildman–Crippen LogP) is 2.03. The van der Waals surface area contributed by atoms with Gasteiger partial charge in [0.1, 0.15) is 12.1 Å². The Morgan fingerprint density at radius 2 is 1.66 bits per heavy atom. The molecule has 1 atom stereocenters. The monoisotopic (exact) mass is 503 g/mol. The molecule has 3 rings (SSSR count). The number of amides is 4. The average Bonchev–Trinajstić information content (AvgIpc) is 3.04. The zero-order chi connectivity index (χ0) is 26.0. The SMILES string of the molecule is CCN(CC)S(=O)(=O)c1ccc(NC(=O)CN2C(=O)N[C@@](C)(c3ccc([N+](=O)[O-])cc3)C2=O)cc1. The molecule has 0 aliphatic carbocycles. The summed E-state index contributed by atoms with van der Waals surface area (Å²) in [6, 6.07) is 9.96. The van der Waals surface area contributed by atoms with Crippen LogP contribution in [0.25, 0.3) is 0 Å². The Morgan fingerprint density at radius 1 is 1.09 bits per heavy atom. The number of hydrogen-bond acceptors (Lipinski definition) is 7. The van der Waals surface area contributed by atoms with E-state index in [4.69, 9.17) is 0 Å². The summed E-state index contributed by atoms with van der Waals surface area (Å²) < 4.78 is 26.5. The van der Waals surface area contributed by atoms with Crippen molar-refractivity contribution in [2.45, 2.75) is 31.2 Å². The first-order chi connectivity index (χ1) is 16.4. The highest BCUT2D eigenvalue weighted by molar-refractivity contribution is 7.89. The number of anilines is 1. The van der Waals surface area contributed by atoms with Crippen molar-refractivity contribution in [3.8, 4) is 0 Å². The van der Waals surface area contributed by atoms with E-state index in [1.165, 1.54) is 59.8 Å². The number of nitro groups is 1. The standard InChI is InChI=1S/C22H25N5O7S/c1-4-25(5-2)35(33,34)18-12-8-16(9-13-18)23-19(28)14-26-20(29)22(3,24-21(26)30)15-6-10-17(11-7-15)27(31)32/h6-13H,4-5,14H2,1-3H3,(H,23,28)(H,24,30)/t22-/m0/s1. The summed E-state index contributed by atoms with van der Waals surface area (Å²) in [4.78, 5) is 49.1. The molecule has 0 spiro atoms. The Morgan fingerprint density at radius 3 is 2.17 bits per heavy atom. The van der Waals surface area contributed by atoms with Crippen molar-refractivity contribution in [1.82, 2.24) is 14.5 Å². The fraction of sp³-hybridized carbons (Fsp3) is 0.318. The summed E-state index contributed by atoms with van der Waals surface area (Å²) in [7, 11) is -3.65. The number of non-ortho nitro benzene ring substituents is 1. The maximum Gasteiger partial charge on any atom is 0.325 e. The largest absolute Gasteiger partial charge is 0.325 e. The third-order valence-electron chi connectivity index (χ3n) is 5.71. The molecule has 1 aliphatic heterocycles. The van der Waals surface area contributed by atoms with Crippen LogP contribution in [0, 0.1) is 10.1 Å². The van der Waals surface area contributed by atoms with E-state index in [-0.39, 0.29) is 10.6 Å². The van der Waals surface area contributed by atoms with Gasteiger partial charge in [0.15, 0.2) is 0 Å². The number of nitro benzene ring substituents is 1. The van der Waals surface area contributed by atoms with Gasteiger partial charge in [0, 0.05) is 30.9 Å². The van der Waals surface area contributed by atoms with Gasteiger partial charge in [0.05, 0.1) is 9.82 Å². The second-order valence-corrected chi connectivity index (χ2v) is 9.85. The van der Waals surface area contributed by atoms with Gasteiger partial charge in [-0.15, -0.1) is 0 Å². The van der Waals surface area contributed by atoms with Gasteiger partial charge >= 0.3 is 6.03 Å². The maximum atomic E-state index is 13.0. The Balaban J connectivity index is 1.69. The zero-order valence-electron chi connectivity index (χ0n) is 19.3. The molecule has 1 heterocycles. The molecule has 4 amide bonds. The molecule has 0 aromatic heterocycles. The number of imide groups is 1. The predicted molar refractivity (Wildman–Crippen MR) is 126 cm³/mol. The van der Waals surface area contributed by atoms with Crippen LogP contribution in [0.5, 0.6) is 0 Å². The molecule has 0 radical (unpaired) electrons. The van der Waals surface area contributed by atoms with Crippen molar-refractivity contribution in [2.75, 3.05) is 25.0 Å². The van der Waals surface area contributed by atoms with Gasteiger partial charge in [0.2, 0.25) is 15.9 Å². The average molecular weight is 504 g/mol. The minimum Gasteiger partial charge on any atom is -0.325 e. The topological polar surface area (TPSA) is 159 Å². The van der Waals surface area contributed by atoms with Gasteiger partial charge in [-0.25, -0.2) is 13.2 Å². The molecule has 35 heavy (non-hydrogen) atoms. The number of hydrogen-bond donors (Lipinski definition) is 2. The van der Waals surface area contributed by atoms with E-state index in [1.54, 1.807) is 13.8 Å². The van der Waals surface area contributed by atoms with Crippen LogP contribution in [-0.4, -0.2) is 60.0 Å². The first kappa shape index (κ1) is 25.8. The Kier molecular flexibility index (Phi) is 7.22. The van der Waals surface area contributed by atoms with E-state index < -0.39 is 44.9 Å². The van der Waals surface area contributed by atoms with Crippen LogP contribution in [-0.2, 0) is 25.2 Å². The lowest BCUT2D eigenvalue weighted by Crippen LogP contribution is -2.42. The van der Waals surface area contributed by atoms with E-state index >= 15 is 0 Å². The number of benzene rings is 2. The third kappa shape index (κ3) is 5.00. The Hall–Kier alpha value is -3.84. The molecule has 2 aromatic rings. The molecular formula is C22H25N5O7S. The van der Waals surface area contributed by atoms with Crippen molar-refractivity contribution >= 4 is 39.2 Å². The summed E-state index contributed by atoms with van der Waals surface area (Å²) >= 11 is 0. The van der Waals surface area contributed by atoms with Crippen molar-refractivity contribution < 1.29 is 27.7 Å². The lowest BCUT2D eigenvalue weighted by molar-refractivity contribution is -0.384. The highest BCUT2D eigenvalue weighted by atomic mass is 32.2. The fourth-order valence-electron chi connectivity index (χ4n) is 3.72. The first-order valence-corrected chi connectivity index (χ1v) is 12.2. The normalized spacial score (nSPS) is 18.0. The summed E-state index contributed by atoms with van der Waals surface area (Å²) in [5, 5.41) is 15.9. The highest BCUT2D eigenvalue weighted by Crippen LogP contribution is 2.30. The van der Waals surface area contributed by atoms with E-state index in [1.807, 2.05) is 0 Å². The van der Waals surface area contributed by atoms with Gasteiger partial charge in [0.25, 0.3) is 11.6 Å². The second-order valence-electron chi connectivity index (χ2n) is 7.91. The van der Waals surface area contributed by atoms with Crippen molar-refractivity contribution in [3.63, 3.8) is 0 Å². The molecule has 1 aliphatic rings. The molecule has 1 saturated heterocycles. The number of rotatable bonds is 9. The molecule has 0 saturated carbocycles. The van der Waals surface area contributed by atoms with Crippen molar-refractivity contribution in [1.29, 1.82) is 0 Å². The van der Waals surface area contributed by atoms with Gasteiger partial charge in [-0.3, -0.25) is 24.6 Å². The molecule has 186 valence electrons. The van der Waals surface area contributed by atoms with Crippen LogP contribution >= 0.6 is 0 Å². The van der Waals surface area contributed by atoms with Crippen LogP contribution in [0.1, 0.15) is 26.3 Å². The molecule has 13 heteroatoms. The van der Waals surface area contributed by atoms with Crippen LogP contribution < -0.4 is 10.6 Å². The van der Waals surface area contributed by atoms with E-state index in [0.29, 0.717) is 24.3 Å². The second kappa shape index (κ2) is 9.80. The van der Waals surface area contributed by atoms with Gasteiger partial charge in [-0.1, -0.05) is 13.8 Å². The summed E-state index contributed by atoms with van der Waals surface area (Å²) in [6.45, 7) is 4.98. The number of nitrogens with zero attached hydrogens (tertiary/aromatic N) is 3. The van der Waals surface area contributed by atoms with Crippen molar-refractivity contribution in [3.05, 3.63) is 64.2 Å². The summed E-state index contributed by atoms with van der Waals surface area (Å²) in [6.07, 6.45) is 0. The van der Waals surface area contributed by atoms with Crippen LogP contribution in [0.15, 0.2) is 53.4 Å². The lowest BCUT2D eigenvalue weighted by Gasteiger charge is -2.22. The van der Waals surface area contributed by atoms with Crippen LogP contribution in [0.4, 0.5) is 16.2 Å². The molecular weight excluding hydrogens is 478 g/mol. The highest BCUT2D eigenvalue weighted by Gasteiger charge is 2.49. The maximum absolute atomic E-state index is 13.0. The number of sulfonamides is 1. The molecule has 12 nitrogen and oxygen atoms in total. The number of carbonyl (C=O) groups excluding carboxylic acids is 3. The quantitative estimate of drug-likeness (QED) is 0.301. The summed E-state index contributed by atoms with van der Waals surface area (Å²) in [5.74, 6) is -1.35. The lowest BCUT2D eigenvalue weighted by atomic mass is 9.92. The number of nitrogens with one attached hydrogen (secondary N) is 2. The molecule has 2 aromatic carbocycles. The molecule has 0 bridgehead atoms.